The monoisotopic (exact) mass is 416 g/mol. The Hall–Kier alpha value is -2.55. The fourth-order valence-electron chi connectivity index (χ4n) is 2.48. The molecular weight excluding hydrogens is 396 g/mol. The SMILES string of the molecule is COc1ccc(CCNC(=S)NCc2cc(C(F)(F)F)ccc2F)cc1OC. The highest BCUT2D eigenvalue weighted by Crippen LogP contribution is 2.30. The molecule has 0 radical (unpaired) electrons. The topological polar surface area (TPSA) is 42.5 Å². The molecule has 4 nitrogen and oxygen atoms in total. The molecule has 2 aromatic carbocycles. The van der Waals surface area contributed by atoms with Gasteiger partial charge in [-0.15, -0.1) is 0 Å². The fourth-order valence-corrected chi connectivity index (χ4v) is 2.66. The quantitative estimate of drug-likeness (QED) is 0.526. The predicted octanol–water partition coefficient (Wildman–Crippen LogP) is 4.07. The zero-order valence-corrected chi connectivity index (χ0v) is 16.1. The summed E-state index contributed by atoms with van der Waals surface area (Å²) in [5.41, 5.74) is -0.0335. The van der Waals surface area contributed by atoms with E-state index in [-0.39, 0.29) is 17.2 Å². The second-order valence-electron chi connectivity index (χ2n) is 5.85. The van der Waals surface area contributed by atoms with Crippen LogP contribution in [0.5, 0.6) is 11.5 Å². The number of rotatable bonds is 7. The minimum atomic E-state index is -4.53. The lowest BCUT2D eigenvalue weighted by Gasteiger charge is -2.13. The van der Waals surface area contributed by atoms with Crippen molar-refractivity contribution in [3.8, 4) is 11.5 Å². The predicted molar refractivity (Wildman–Crippen MR) is 102 cm³/mol. The molecule has 0 saturated heterocycles. The van der Waals surface area contributed by atoms with E-state index in [2.05, 4.69) is 10.6 Å². The Morgan fingerprint density at radius 3 is 2.36 bits per heavy atom. The maximum absolute atomic E-state index is 13.7. The van der Waals surface area contributed by atoms with E-state index in [1.807, 2.05) is 12.1 Å². The van der Waals surface area contributed by atoms with Gasteiger partial charge in [-0.05, 0) is 54.5 Å². The third-order valence-corrected chi connectivity index (χ3v) is 4.25. The number of nitrogens with one attached hydrogen (secondary N) is 2. The highest BCUT2D eigenvalue weighted by molar-refractivity contribution is 7.80. The third kappa shape index (κ3) is 5.98. The summed E-state index contributed by atoms with van der Waals surface area (Å²) in [5, 5.41) is 5.87. The van der Waals surface area contributed by atoms with Crippen molar-refractivity contribution in [1.29, 1.82) is 0 Å². The number of halogens is 4. The van der Waals surface area contributed by atoms with E-state index in [4.69, 9.17) is 21.7 Å². The van der Waals surface area contributed by atoms with Gasteiger partial charge in [-0.3, -0.25) is 0 Å². The van der Waals surface area contributed by atoms with Gasteiger partial charge in [0.05, 0.1) is 19.8 Å². The molecule has 0 saturated carbocycles. The number of benzene rings is 2. The second kappa shape index (κ2) is 9.59. The minimum Gasteiger partial charge on any atom is -0.493 e. The highest BCUT2D eigenvalue weighted by atomic mass is 32.1. The van der Waals surface area contributed by atoms with Crippen molar-refractivity contribution in [1.82, 2.24) is 10.6 Å². The standard InChI is InChI=1S/C19H20F4N2O2S/c1-26-16-6-3-12(9-17(16)27-2)7-8-24-18(28)25-11-13-10-14(19(21,22)23)4-5-15(13)20/h3-6,9-10H,7-8,11H2,1-2H3,(H2,24,25,28). The van der Waals surface area contributed by atoms with Crippen LogP contribution < -0.4 is 20.1 Å². The van der Waals surface area contributed by atoms with Gasteiger partial charge in [-0.1, -0.05) is 6.07 Å². The summed E-state index contributed by atoms with van der Waals surface area (Å²) in [6.45, 7) is 0.324. The highest BCUT2D eigenvalue weighted by Gasteiger charge is 2.31. The largest absolute Gasteiger partial charge is 0.493 e. The second-order valence-corrected chi connectivity index (χ2v) is 6.26. The Morgan fingerprint density at radius 2 is 1.71 bits per heavy atom. The molecule has 28 heavy (non-hydrogen) atoms. The molecule has 0 aliphatic rings. The van der Waals surface area contributed by atoms with Crippen molar-refractivity contribution in [2.75, 3.05) is 20.8 Å². The summed E-state index contributed by atoms with van der Waals surface area (Å²) < 4.78 is 62.3. The molecular formula is C19H20F4N2O2S. The summed E-state index contributed by atoms with van der Waals surface area (Å²) in [4.78, 5) is 0. The minimum absolute atomic E-state index is 0.112. The Balaban J connectivity index is 1.85. The van der Waals surface area contributed by atoms with E-state index in [9.17, 15) is 17.6 Å². The number of alkyl halides is 3. The first-order valence-corrected chi connectivity index (χ1v) is 8.73. The van der Waals surface area contributed by atoms with Crippen LogP contribution in [0.4, 0.5) is 17.6 Å². The fraction of sp³-hybridized carbons (Fsp3) is 0.316. The zero-order chi connectivity index (χ0) is 20.7. The first kappa shape index (κ1) is 21.7. The van der Waals surface area contributed by atoms with Crippen LogP contribution in [0.1, 0.15) is 16.7 Å². The molecule has 0 amide bonds. The van der Waals surface area contributed by atoms with Crippen molar-refractivity contribution in [2.24, 2.45) is 0 Å². The Kier molecular flexibility index (Phi) is 7.45. The molecule has 0 aliphatic heterocycles. The maximum Gasteiger partial charge on any atom is 0.416 e. The summed E-state index contributed by atoms with van der Waals surface area (Å²) in [6, 6.07) is 7.80. The maximum atomic E-state index is 13.7. The number of thiocarbonyl (C=S) groups is 1. The van der Waals surface area contributed by atoms with E-state index in [0.29, 0.717) is 30.5 Å². The van der Waals surface area contributed by atoms with E-state index < -0.39 is 17.6 Å². The molecule has 2 rings (SSSR count). The molecule has 0 fully saturated rings. The van der Waals surface area contributed by atoms with E-state index in [1.165, 1.54) is 0 Å². The van der Waals surface area contributed by atoms with Gasteiger partial charge in [-0.25, -0.2) is 4.39 Å². The molecule has 0 aromatic heterocycles. The van der Waals surface area contributed by atoms with Gasteiger partial charge in [0.2, 0.25) is 0 Å². The molecule has 0 heterocycles. The van der Waals surface area contributed by atoms with E-state index >= 15 is 0 Å². The Morgan fingerprint density at radius 1 is 1.00 bits per heavy atom. The zero-order valence-electron chi connectivity index (χ0n) is 15.3. The first-order valence-electron chi connectivity index (χ1n) is 8.33. The lowest BCUT2D eigenvalue weighted by atomic mass is 10.1. The van der Waals surface area contributed by atoms with Gasteiger partial charge in [0.15, 0.2) is 16.6 Å². The van der Waals surface area contributed by atoms with Crippen LogP contribution in [0.3, 0.4) is 0 Å². The van der Waals surface area contributed by atoms with Crippen LogP contribution in [-0.4, -0.2) is 25.9 Å². The smallest absolute Gasteiger partial charge is 0.416 e. The molecule has 0 aliphatic carbocycles. The number of methoxy groups -OCH3 is 2. The molecule has 0 spiro atoms. The molecule has 0 bridgehead atoms. The molecule has 152 valence electrons. The number of ether oxygens (including phenoxy) is 2. The van der Waals surface area contributed by atoms with Gasteiger partial charge < -0.3 is 20.1 Å². The lowest BCUT2D eigenvalue weighted by molar-refractivity contribution is -0.137. The van der Waals surface area contributed by atoms with Crippen LogP contribution >= 0.6 is 12.2 Å². The molecule has 0 atom stereocenters. The van der Waals surface area contributed by atoms with Crippen LogP contribution in [0.15, 0.2) is 36.4 Å². The van der Waals surface area contributed by atoms with Crippen molar-refractivity contribution < 1.29 is 27.0 Å². The van der Waals surface area contributed by atoms with Gasteiger partial charge >= 0.3 is 6.18 Å². The number of hydrogen-bond donors (Lipinski definition) is 2. The Bertz CT molecular complexity index is 828. The van der Waals surface area contributed by atoms with Crippen molar-refractivity contribution in [3.63, 3.8) is 0 Å². The summed E-state index contributed by atoms with van der Waals surface area (Å²) >= 11 is 5.09. The van der Waals surface area contributed by atoms with Gasteiger partial charge in [0, 0.05) is 18.7 Å². The van der Waals surface area contributed by atoms with Crippen LogP contribution in [0, 0.1) is 5.82 Å². The van der Waals surface area contributed by atoms with E-state index in [1.54, 1.807) is 20.3 Å². The lowest BCUT2D eigenvalue weighted by Crippen LogP contribution is -2.36. The molecule has 0 unspecified atom stereocenters. The van der Waals surface area contributed by atoms with Crippen molar-refractivity contribution in [2.45, 2.75) is 19.1 Å². The normalized spacial score (nSPS) is 11.1. The molecule has 2 aromatic rings. The third-order valence-electron chi connectivity index (χ3n) is 3.96. The summed E-state index contributed by atoms with van der Waals surface area (Å²) in [7, 11) is 3.10. The average Bonchev–Trinajstić information content (AvgIpc) is 2.66. The van der Waals surface area contributed by atoms with Gasteiger partial charge in [0.1, 0.15) is 5.82 Å². The summed E-state index contributed by atoms with van der Waals surface area (Å²) in [6.07, 6.45) is -3.90. The molecule has 9 heteroatoms. The molecule has 2 N–H and O–H groups in total. The van der Waals surface area contributed by atoms with Crippen molar-refractivity contribution in [3.05, 3.63) is 58.9 Å². The first-order chi connectivity index (χ1) is 13.2. The Labute approximate surface area is 165 Å². The van der Waals surface area contributed by atoms with Gasteiger partial charge in [0.25, 0.3) is 0 Å². The average molecular weight is 416 g/mol. The van der Waals surface area contributed by atoms with Crippen molar-refractivity contribution >= 4 is 17.3 Å². The van der Waals surface area contributed by atoms with Gasteiger partial charge in [-0.2, -0.15) is 13.2 Å². The van der Waals surface area contributed by atoms with Crippen LogP contribution in [-0.2, 0) is 19.1 Å². The van der Waals surface area contributed by atoms with Crippen LogP contribution in [0.2, 0.25) is 0 Å². The summed E-state index contributed by atoms with van der Waals surface area (Å²) in [5.74, 6) is 0.508. The van der Waals surface area contributed by atoms with Crippen LogP contribution in [0.25, 0.3) is 0 Å². The van der Waals surface area contributed by atoms with E-state index in [0.717, 1.165) is 17.7 Å². The number of hydrogen-bond acceptors (Lipinski definition) is 3.